The van der Waals surface area contributed by atoms with Crippen LogP contribution in [0, 0.1) is 0 Å². The van der Waals surface area contributed by atoms with Crippen molar-refractivity contribution >= 4 is 11.8 Å². The third-order valence-electron chi connectivity index (χ3n) is 3.80. The van der Waals surface area contributed by atoms with Crippen molar-refractivity contribution in [3.8, 4) is 0 Å². The van der Waals surface area contributed by atoms with Crippen LogP contribution in [0.25, 0.3) is 0 Å². The fourth-order valence-corrected chi connectivity index (χ4v) is 2.54. The summed E-state index contributed by atoms with van der Waals surface area (Å²) >= 11 is 0. The summed E-state index contributed by atoms with van der Waals surface area (Å²) in [4.78, 5) is 32.9. The number of nitrogens with zero attached hydrogens (tertiary/aromatic N) is 2. The molecule has 1 unspecified atom stereocenters. The Bertz CT molecular complexity index is 977. The third-order valence-corrected chi connectivity index (χ3v) is 3.80. The Morgan fingerprint density at radius 3 is 1.96 bits per heavy atom. The molecular weight excluding hydrogens is 373 g/mol. The second kappa shape index (κ2) is 7.99. The van der Waals surface area contributed by atoms with E-state index in [1.807, 2.05) is 0 Å². The first kappa shape index (κ1) is 19.2. The van der Waals surface area contributed by atoms with E-state index >= 15 is 0 Å². The normalized spacial score (nSPS) is 12.2. The van der Waals surface area contributed by atoms with Gasteiger partial charge in [-0.3, -0.25) is 9.78 Å². The average Bonchev–Trinajstić information content (AvgIpc) is 2.72. The summed E-state index contributed by atoms with van der Waals surface area (Å²) in [6.45, 7) is 0. The highest BCUT2D eigenvalue weighted by molar-refractivity contribution is 6.00. The van der Waals surface area contributed by atoms with Crippen LogP contribution in [-0.2, 0) is 10.9 Å². The van der Waals surface area contributed by atoms with Gasteiger partial charge < -0.3 is 4.74 Å². The lowest BCUT2D eigenvalue weighted by molar-refractivity contribution is -0.139. The number of Topliss-reactive ketones (excluding diaryl/α,β-unsaturated/α-hetero) is 1. The molecule has 28 heavy (non-hydrogen) atoms. The third kappa shape index (κ3) is 4.22. The van der Waals surface area contributed by atoms with Crippen molar-refractivity contribution in [3.63, 3.8) is 0 Å². The molecule has 1 aromatic carbocycles. The van der Waals surface area contributed by atoms with E-state index in [-0.39, 0.29) is 11.4 Å². The molecule has 8 heteroatoms. The number of halogens is 3. The Morgan fingerprint density at radius 1 is 0.821 bits per heavy atom. The monoisotopic (exact) mass is 386 g/mol. The van der Waals surface area contributed by atoms with Crippen LogP contribution in [0.4, 0.5) is 13.2 Å². The predicted molar refractivity (Wildman–Crippen MR) is 92.4 cm³/mol. The first-order valence-corrected chi connectivity index (χ1v) is 8.11. The second-order valence-corrected chi connectivity index (χ2v) is 5.66. The van der Waals surface area contributed by atoms with Gasteiger partial charge in [-0.05, 0) is 30.3 Å². The van der Waals surface area contributed by atoms with Gasteiger partial charge in [-0.25, -0.2) is 9.78 Å². The number of carbonyl (C=O) groups is 2. The molecule has 3 rings (SSSR count). The van der Waals surface area contributed by atoms with Crippen LogP contribution < -0.4 is 0 Å². The van der Waals surface area contributed by atoms with Crippen LogP contribution in [0.3, 0.4) is 0 Å². The highest BCUT2D eigenvalue weighted by Crippen LogP contribution is 2.36. The smallest absolute Gasteiger partial charge is 0.416 e. The minimum atomic E-state index is -4.74. The number of benzene rings is 1. The topological polar surface area (TPSA) is 69.2 Å². The number of aromatic nitrogens is 2. The molecular formula is C20H13F3N2O3. The van der Waals surface area contributed by atoms with Gasteiger partial charge in [0.2, 0.25) is 5.78 Å². The van der Waals surface area contributed by atoms with Crippen LogP contribution >= 0.6 is 0 Å². The highest BCUT2D eigenvalue weighted by Gasteiger charge is 2.39. The summed E-state index contributed by atoms with van der Waals surface area (Å²) in [6.07, 6.45) is -3.92. The average molecular weight is 386 g/mol. The van der Waals surface area contributed by atoms with E-state index in [0.717, 1.165) is 12.1 Å². The van der Waals surface area contributed by atoms with Gasteiger partial charge in [0, 0.05) is 18.0 Å². The van der Waals surface area contributed by atoms with E-state index < -0.39 is 35.2 Å². The molecule has 1 atom stereocenters. The van der Waals surface area contributed by atoms with Crippen LogP contribution in [0.5, 0.6) is 0 Å². The maximum Gasteiger partial charge on any atom is 0.416 e. The zero-order valence-electron chi connectivity index (χ0n) is 14.3. The molecule has 0 spiro atoms. The van der Waals surface area contributed by atoms with Gasteiger partial charge in [0.25, 0.3) is 0 Å². The maximum atomic E-state index is 13.5. The molecule has 0 bridgehead atoms. The number of esters is 1. The molecule has 0 fully saturated rings. The highest BCUT2D eigenvalue weighted by atomic mass is 19.4. The van der Waals surface area contributed by atoms with Crippen LogP contribution in [0.2, 0.25) is 0 Å². The summed E-state index contributed by atoms with van der Waals surface area (Å²) in [5, 5.41) is 0. The SMILES string of the molecule is O=C(OC(C(=O)c1ccccn1)c1ccccc1C(F)(F)F)c1ccccn1. The van der Waals surface area contributed by atoms with E-state index in [4.69, 9.17) is 4.74 Å². The van der Waals surface area contributed by atoms with E-state index in [0.29, 0.717) is 0 Å². The molecule has 0 amide bonds. The molecule has 2 aromatic heterocycles. The molecule has 0 aliphatic carbocycles. The number of hydrogen-bond donors (Lipinski definition) is 0. The van der Waals surface area contributed by atoms with Crippen molar-refractivity contribution in [3.05, 3.63) is 95.6 Å². The fraction of sp³-hybridized carbons (Fsp3) is 0.100. The predicted octanol–water partition coefficient (Wildman–Crippen LogP) is 4.28. The summed E-state index contributed by atoms with van der Waals surface area (Å²) in [5.41, 5.74) is -1.81. The summed E-state index contributed by atoms with van der Waals surface area (Å²) < 4.78 is 45.5. The molecule has 142 valence electrons. The van der Waals surface area contributed by atoms with Gasteiger partial charge in [-0.15, -0.1) is 0 Å². The summed E-state index contributed by atoms with van der Waals surface area (Å²) in [6, 6.07) is 13.2. The quantitative estimate of drug-likeness (QED) is 0.484. The van der Waals surface area contributed by atoms with Crippen molar-refractivity contribution in [1.29, 1.82) is 0 Å². The van der Waals surface area contributed by atoms with Gasteiger partial charge >= 0.3 is 12.1 Å². The molecule has 0 aliphatic heterocycles. The second-order valence-electron chi connectivity index (χ2n) is 5.66. The van der Waals surface area contributed by atoms with E-state index in [1.165, 1.54) is 48.8 Å². The minimum Gasteiger partial charge on any atom is -0.444 e. The van der Waals surface area contributed by atoms with Crippen LogP contribution in [0.1, 0.15) is 38.2 Å². The van der Waals surface area contributed by atoms with Crippen molar-refractivity contribution in [2.45, 2.75) is 12.3 Å². The van der Waals surface area contributed by atoms with Crippen molar-refractivity contribution in [2.24, 2.45) is 0 Å². The van der Waals surface area contributed by atoms with E-state index in [9.17, 15) is 22.8 Å². The summed E-state index contributed by atoms with van der Waals surface area (Å²) in [7, 11) is 0. The van der Waals surface area contributed by atoms with Gasteiger partial charge in [-0.2, -0.15) is 13.2 Å². The van der Waals surface area contributed by atoms with Crippen LogP contribution in [0.15, 0.2) is 73.1 Å². The molecule has 0 aliphatic rings. The lowest BCUT2D eigenvalue weighted by Crippen LogP contribution is -2.24. The van der Waals surface area contributed by atoms with E-state index in [1.54, 1.807) is 12.1 Å². The number of alkyl halides is 3. The fourth-order valence-electron chi connectivity index (χ4n) is 2.54. The number of carbonyl (C=O) groups excluding carboxylic acids is 2. The van der Waals surface area contributed by atoms with Gasteiger partial charge in [-0.1, -0.05) is 30.3 Å². The Hall–Kier alpha value is -3.55. The van der Waals surface area contributed by atoms with Crippen molar-refractivity contribution < 1.29 is 27.5 Å². The van der Waals surface area contributed by atoms with E-state index in [2.05, 4.69) is 9.97 Å². The molecule has 5 nitrogen and oxygen atoms in total. The lowest BCUT2D eigenvalue weighted by Gasteiger charge is -2.20. The zero-order valence-corrected chi connectivity index (χ0v) is 14.3. The number of ketones is 1. The standard InChI is InChI=1S/C20H13F3N2O3/c21-20(22,23)14-8-2-1-7-13(14)18(17(26)15-9-3-5-11-24-15)28-19(27)16-10-4-6-12-25-16/h1-12,18H. The Labute approximate surface area is 157 Å². The lowest BCUT2D eigenvalue weighted by atomic mass is 9.97. The molecule has 0 saturated heterocycles. The van der Waals surface area contributed by atoms with Crippen molar-refractivity contribution in [1.82, 2.24) is 9.97 Å². The van der Waals surface area contributed by atoms with Crippen LogP contribution in [-0.4, -0.2) is 21.7 Å². The first-order chi connectivity index (χ1) is 13.4. The van der Waals surface area contributed by atoms with Gasteiger partial charge in [0.1, 0.15) is 11.4 Å². The summed E-state index contributed by atoms with van der Waals surface area (Å²) in [5.74, 6) is -1.89. The number of ether oxygens (including phenoxy) is 1. The molecule has 2 heterocycles. The first-order valence-electron chi connectivity index (χ1n) is 8.11. The molecule has 3 aromatic rings. The Kier molecular flexibility index (Phi) is 5.49. The number of hydrogen-bond acceptors (Lipinski definition) is 5. The Morgan fingerprint density at radius 2 is 1.39 bits per heavy atom. The maximum absolute atomic E-state index is 13.5. The molecule has 0 N–H and O–H groups in total. The van der Waals surface area contributed by atoms with Gasteiger partial charge in [0.15, 0.2) is 6.10 Å². The minimum absolute atomic E-state index is 0.127. The van der Waals surface area contributed by atoms with Crippen molar-refractivity contribution in [2.75, 3.05) is 0 Å². The Balaban J connectivity index is 2.06. The zero-order chi connectivity index (χ0) is 20.1. The molecule has 0 saturated carbocycles. The molecule has 0 radical (unpaired) electrons. The number of pyridine rings is 2. The number of rotatable bonds is 5. The largest absolute Gasteiger partial charge is 0.444 e. The van der Waals surface area contributed by atoms with Gasteiger partial charge in [0.05, 0.1) is 5.56 Å².